The zero-order valence-corrected chi connectivity index (χ0v) is 18.5. The molecule has 0 bridgehead atoms. The number of nitrogen functional groups attached to an aromatic ring is 1. The van der Waals surface area contributed by atoms with Crippen LogP contribution < -0.4 is 21.7 Å². The number of aromatic nitrogens is 4. The predicted molar refractivity (Wildman–Crippen MR) is 127 cm³/mol. The largest absolute Gasteiger partial charge is 0.444 e. The molecule has 1 saturated heterocycles. The van der Waals surface area contributed by atoms with E-state index in [4.69, 9.17) is 20.6 Å². The zero-order chi connectivity index (χ0) is 24.4. The summed E-state index contributed by atoms with van der Waals surface area (Å²) in [5.74, 6) is -0.873. The summed E-state index contributed by atoms with van der Waals surface area (Å²) < 4.78 is 12.3. The molecule has 0 unspecified atom stereocenters. The van der Waals surface area contributed by atoms with Gasteiger partial charge >= 0.3 is 0 Å². The van der Waals surface area contributed by atoms with Crippen molar-refractivity contribution >= 4 is 29.0 Å². The molecule has 178 valence electrons. The second-order valence-electron chi connectivity index (χ2n) is 7.78. The molecule has 5 N–H and O–H groups in total. The maximum atomic E-state index is 12.8. The Balaban J connectivity index is 1.35. The molecule has 0 saturated carbocycles. The number of amides is 2. The summed E-state index contributed by atoms with van der Waals surface area (Å²) in [7, 11) is 0. The van der Waals surface area contributed by atoms with Crippen molar-refractivity contribution in [2.45, 2.75) is 0 Å². The van der Waals surface area contributed by atoms with Crippen LogP contribution in [0.5, 0.6) is 0 Å². The number of anilines is 3. The van der Waals surface area contributed by atoms with Gasteiger partial charge in [-0.05, 0) is 36.4 Å². The first-order valence-corrected chi connectivity index (χ1v) is 10.8. The van der Waals surface area contributed by atoms with Crippen molar-refractivity contribution < 1.29 is 18.7 Å². The number of rotatable bonds is 6. The Bertz CT molecular complexity index is 1370. The molecule has 1 aliphatic heterocycles. The first-order chi connectivity index (χ1) is 17.0. The number of nitrogens with one attached hydrogen (secondary N) is 1. The number of ether oxygens (including phenoxy) is 1. The fraction of sp³-hybridized carbons (Fsp3) is 0.174. The molecule has 0 aliphatic carbocycles. The molecule has 0 spiro atoms. The van der Waals surface area contributed by atoms with E-state index in [1.807, 2.05) is 24.3 Å². The van der Waals surface area contributed by atoms with Crippen LogP contribution in [-0.2, 0) is 4.74 Å². The number of oxazole rings is 1. The van der Waals surface area contributed by atoms with Crippen molar-refractivity contribution in [3.63, 3.8) is 0 Å². The molecule has 35 heavy (non-hydrogen) atoms. The minimum absolute atomic E-state index is 0.00779. The molecule has 0 radical (unpaired) electrons. The first kappa shape index (κ1) is 22.1. The van der Waals surface area contributed by atoms with Crippen molar-refractivity contribution in [3.8, 4) is 17.1 Å². The lowest BCUT2D eigenvalue weighted by atomic mass is 10.2. The van der Waals surface area contributed by atoms with Crippen LogP contribution in [0.25, 0.3) is 17.1 Å². The van der Waals surface area contributed by atoms with Crippen molar-refractivity contribution in [1.29, 1.82) is 0 Å². The highest BCUT2D eigenvalue weighted by atomic mass is 16.5. The third kappa shape index (κ3) is 4.68. The molecule has 4 heterocycles. The third-order valence-electron chi connectivity index (χ3n) is 5.45. The quantitative estimate of drug-likeness (QED) is 0.377. The highest BCUT2D eigenvalue weighted by Gasteiger charge is 2.20. The van der Waals surface area contributed by atoms with Crippen molar-refractivity contribution in [3.05, 3.63) is 66.4 Å². The summed E-state index contributed by atoms with van der Waals surface area (Å²) in [6.07, 6.45) is 4.24. The number of pyridine rings is 1. The van der Waals surface area contributed by atoms with Crippen LogP contribution in [0.2, 0.25) is 0 Å². The summed E-state index contributed by atoms with van der Waals surface area (Å²) in [6, 6.07) is 10.9. The van der Waals surface area contributed by atoms with Crippen LogP contribution >= 0.6 is 0 Å². The molecular formula is C23H22N8O4. The van der Waals surface area contributed by atoms with Crippen LogP contribution in [0.15, 0.2) is 59.5 Å². The fourth-order valence-corrected chi connectivity index (χ4v) is 3.70. The van der Waals surface area contributed by atoms with Crippen LogP contribution in [0.3, 0.4) is 0 Å². The third-order valence-corrected chi connectivity index (χ3v) is 5.45. The summed E-state index contributed by atoms with van der Waals surface area (Å²) in [5, 5.41) is 6.89. The van der Waals surface area contributed by atoms with Gasteiger partial charge in [-0.1, -0.05) is 0 Å². The Morgan fingerprint density at radius 3 is 2.51 bits per heavy atom. The summed E-state index contributed by atoms with van der Waals surface area (Å²) in [6.45, 7) is 3.02. The van der Waals surface area contributed by atoms with Gasteiger partial charge in [-0.3, -0.25) is 9.59 Å². The molecule has 1 aliphatic rings. The number of nitrogens with zero attached hydrogens (tertiary/aromatic N) is 5. The smallest absolute Gasteiger partial charge is 0.277 e. The molecule has 2 amide bonds. The number of nitrogens with two attached hydrogens (primary N) is 2. The zero-order valence-electron chi connectivity index (χ0n) is 18.5. The van der Waals surface area contributed by atoms with E-state index in [1.165, 1.54) is 23.3 Å². The van der Waals surface area contributed by atoms with E-state index in [-0.39, 0.29) is 23.0 Å². The lowest BCUT2D eigenvalue weighted by molar-refractivity contribution is 0.0996. The van der Waals surface area contributed by atoms with Gasteiger partial charge < -0.3 is 30.8 Å². The van der Waals surface area contributed by atoms with Crippen molar-refractivity contribution in [2.24, 2.45) is 5.73 Å². The van der Waals surface area contributed by atoms with E-state index in [0.717, 1.165) is 18.8 Å². The van der Waals surface area contributed by atoms with Gasteiger partial charge in [-0.15, -0.1) is 0 Å². The van der Waals surface area contributed by atoms with Crippen LogP contribution in [-0.4, -0.2) is 57.9 Å². The summed E-state index contributed by atoms with van der Waals surface area (Å²) in [4.78, 5) is 35.1. The van der Waals surface area contributed by atoms with E-state index in [9.17, 15) is 9.59 Å². The van der Waals surface area contributed by atoms with Crippen molar-refractivity contribution in [2.75, 3.05) is 42.3 Å². The van der Waals surface area contributed by atoms with Crippen LogP contribution in [0, 0.1) is 0 Å². The molecule has 12 heteroatoms. The number of primary amides is 1. The van der Waals surface area contributed by atoms with Gasteiger partial charge in [0.15, 0.2) is 11.4 Å². The van der Waals surface area contributed by atoms with Gasteiger partial charge in [0.1, 0.15) is 12.1 Å². The lowest BCUT2D eigenvalue weighted by Crippen LogP contribution is -2.36. The monoisotopic (exact) mass is 474 g/mol. The maximum absolute atomic E-state index is 12.8. The second-order valence-corrected chi connectivity index (χ2v) is 7.78. The number of carbonyl (C=O) groups excluding carboxylic acids is 2. The molecule has 0 atom stereocenters. The Labute approximate surface area is 199 Å². The topological polar surface area (TPSA) is 167 Å². The summed E-state index contributed by atoms with van der Waals surface area (Å²) in [5.41, 5.74) is 13.6. The van der Waals surface area contributed by atoms with E-state index in [0.29, 0.717) is 30.3 Å². The van der Waals surface area contributed by atoms with E-state index in [2.05, 4.69) is 25.3 Å². The minimum atomic E-state index is -0.780. The average molecular weight is 474 g/mol. The maximum Gasteiger partial charge on any atom is 0.277 e. The van der Waals surface area contributed by atoms with E-state index >= 15 is 0 Å². The lowest BCUT2D eigenvalue weighted by Gasteiger charge is -2.28. The Hall–Kier alpha value is -4.71. The fourth-order valence-electron chi connectivity index (χ4n) is 3.70. The molecule has 1 aromatic carbocycles. The molecule has 4 aromatic rings. The summed E-state index contributed by atoms with van der Waals surface area (Å²) >= 11 is 0. The number of benzene rings is 1. The van der Waals surface area contributed by atoms with Gasteiger partial charge in [0, 0.05) is 30.5 Å². The second kappa shape index (κ2) is 9.27. The standard InChI is InChI=1S/C23H22N8O4/c24-19-11-14(5-6-26-19)23-28-18(13-35-23)22(33)27-17-12-31(29-20(17)21(25)32)16-3-1-15(2-4-16)30-7-9-34-10-8-30/h1-6,11-13H,7-10H2,(H2,24,26)(H2,25,32)(H,27,33). The highest BCUT2D eigenvalue weighted by molar-refractivity contribution is 6.07. The Kier molecular flexibility index (Phi) is 5.85. The minimum Gasteiger partial charge on any atom is -0.444 e. The average Bonchev–Trinajstić information content (AvgIpc) is 3.53. The first-order valence-electron chi connectivity index (χ1n) is 10.8. The number of hydrogen-bond donors (Lipinski definition) is 3. The molecule has 3 aromatic heterocycles. The number of carbonyl (C=O) groups is 2. The molecule has 1 fully saturated rings. The Morgan fingerprint density at radius 2 is 1.80 bits per heavy atom. The van der Waals surface area contributed by atoms with Gasteiger partial charge in [0.25, 0.3) is 11.8 Å². The normalized spacial score (nSPS) is 13.5. The molecular weight excluding hydrogens is 452 g/mol. The van der Waals surface area contributed by atoms with E-state index < -0.39 is 11.8 Å². The molecule has 5 rings (SSSR count). The van der Waals surface area contributed by atoms with Crippen LogP contribution in [0.1, 0.15) is 21.0 Å². The predicted octanol–water partition coefficient (Wildman–Crippen LogP) is 1.69. The SMILES string of the molecule is NC(=O)c1nn(-c2ccc(N3CCOCC3)cc2)cc1NC(=O)c1coc(-c2ccnc(N)c2)n1. The molecule has 12 nitrogen and oxygen atoms in total. The van der Waals surface area contributed by atoms with Gasteiger partial charge in [-0.25, -0.2) is 14.6 Å². The van der Waals surface area contributed by atoms with Gasteiger partial charge in [0.05, 0.1) is 30.8 Å². The highest BCUT2D eigenvalue weighted by Crippen LogP contribution is 2.23. The van der Waals surface area contributed by atoms with Gasteiger partial charge in [0.2, 0.25) is 5.89 Å². The van der Waals surface area contributed by atoms with E-state index in [1.54, 1.807) is 12.1 Å². The number of morpholine rings is 1. The number of hydrogen-bond acceptors (Lipinski definition) is 9. The van der Waals surface area contributed by atoms with Gasteiger partial charge in [-0.2, -0.15) is 5.10 Å². The van der Waals surface area contributed by atoms with Crippen LogP contribution in [0.4, 0.5) is 17.2 Å². The van der Waals surface area contributed by atoms with Crippen molar-refractivity contribution in [1.82, 2.24) is 19.7 Å². The Morgan fingerprint density at radius 1 is 1.06 bits per heavy atom.